The fourth-order valence-electron chi connectivity index (χ4n) is 3.69. The van der Waals surface area contributed by atoms with Crippen molar-refractivity contribution in [3.8, 4) is 16.9 Å². The molecule has 0 atom stereocenters. The number of halogens is 2. The van der Waals surface area contributed by atoms with Crippen molar-refractivity contribution in [1.82, 2.24) is 14.7 Å². The fraction of sp³-hybridized carbons (Fsp3) is 0.179. The van der Waals surface area contributed by atoms with Crippen LogP contribution < -0.4 is 5.32 Å². The summed E-state index contributed by atoms with van der Waals surface area (Å²) < 4.78 is 7.14. The molecule has 0 aliphatic rings. The van der Waals surface area contributed by atoms with Crippen molar-refractivity contribution in [2.75, 3.05) is 25.0 Å². The third-order valence-corrected chi connectivity index (χ3v) is 6.34. The monoisotopic (exact) mass is 536 g/mol. The second-order valence-electron chi connectivity index (χ2n) is 8.23. The molecule has 2 amide bonds. The number of ether oxygens (including phenoxy) is 1. The number of carbonyl (C=O) groups is 2. The summed E-state index contributed by atoms with van der Waals surface area (Å²) in [5.41, 5.74) is 3.16. The lowest BCUT2D eigenvalue weighted by Crippen LogP contribution is -2.40. The number of hydrogen-bond donors (Lipinski definition) is 1. The standard InChI is InChI=1S/C28H26Cl2N4O3/c1-2-33(28(36)19-37-18-20-9-5-3-6-10-20)17-27(35)31-26-16-25(21-11-7-4-8-12-21)32-34(26)22-13-14-23(29)24(30)15-22/h3-16H,2,17-19H2,1H3,(H,31,35). The van der Waals surface area contributed by atoms with Crippen LogP contribution in [-0.4, -0.2) is 46.2 Å². The molecule has 0 bridgehead atoms. The van der Waals surface area contributed by atoms with Crippen LogP contribution in [0.4, 0.5) is 5.82 Å². The molecule has 1 heterocycles. The fourth-order valence-corrected chi connectivity index (χ4v) is 3.98. The maximum atomic E-state index is 13.0. The summed E-state index contributed by atoms with van der Waals surface area (Å²) in [7, 11) is 0. The van der Waals surface area contributed by atoms with E-state index in [1.165, 1.54) is 4.90 Å². The first-order chi connectivity index (χ1) is 17.9. The van der Waals surface area contributed by atoms with Crippen molar-refractivity contribution >= 4 is 40.8 Å². The molecule has 0 saturated heterocycles. The van der Waals surface area contributed by atoms with Gasteiger partial charge < -0.3 is 15.0 Å². The van der Waals surface area contributed by atoms with Crippen molar-refractivity contribution in [2.24, 2.45) is 0 Å². The van der Waals surface area contributed by atoms with Gasteiger partial charge in [-0.3, -0.25) is 9.59 Å². The molecule has 7 nitrogen and oxygen atoms in total. The lowest BCUT2D eigenvalue weighted by molar-refractivity contribution is -0.139. The summed E-state index contributed by atoms with van der Waals surface area (Å²) in [5.74, 6) is -0.193. The number of likely N-dealkylation sites (N-methyl/N-ethyl adjacent to an activating group) is 1. The second-order valence-corrected chi connectivity index (χ2v) is 9.04. The maximum Gasteiger partial charge on any atom is 0.249 e. The van der Waals surface area contributed by atoms with Crippen molar-refractivity contribution in [2.45, 2.75) is 13.5 Å². The lowest BCUT2D eigenvalue weighted by atomic mass is 10.1. The highest BCUT2D eigenvalue weighted by Gasteiger charge is 2.19. The number of hydrogen-bond acceptors (Lipinski definition) is 4. The van der Waals surface area contributed by atoms with Crippen LogP contribution in [0.2, 0.25) is 10.0 Å². The van der Waals surface area contributed by atoms with E-state index < -0.39 is 0 Å². The van der Waals surface area contributed by atoms with Gasteiger partial charge in [0.2, 0.25) is 11.8 Å². The number of anilines is 1. The number of nitrogens with one attached hydrogen (secondary N) is 1. The molecule has 4 rings (SSSR count). The average molecular weight is 537 g/mol. The van der Waals surface area contributed by atoms with Crippen LogP contribution in [0, 0.1) is 0 Å². The summed E-state index contributed by atoms with van der Waals surface area (Å²) in [6.45, 7) is 2.26. The lowest BCUT2D eigenvalue weighted by Gasteiger charge is -2.20. The highest BCUT2D eigenvalue weighted by atomic mass is 35.5. The molecule has 0 fully saturated rings. The van der Waals surface area contributed by atoms with E-state index in [1.807, 2.05) is 67.6 Å². The van der Waals surface area contributed by atoms with Crippen LogP contribution >= 0.6 is 23.2 Å². The largest absolute Gasteiger partial charge is 0.367 e. The minimum Gasteiger partial charge on any atom is -0.367 e. The molecule has 0 aliphatic carbocycles. The third kappa shape index (κ3) is 6.98. The summed E-state index contributed by atoms with van der Waals surface area (Å²) in [4.78, 5) is 27.1. The van der Waals surface area contributed by atoms with Crippen LogP contribution in [0.1, 0.15) is 12.5 Å². The first-order valence-electron chi connectivity index (χ1n) is 11.7. The molecule has 1 aromatic heterocycles. The van der Waals surface area contributed by atoms with Crippen molar-refractivity contribution in [3.05, 3.63) is 101 Å². The molecular weight excluding hydrogens is 511 g/mol. The molecule has 0 spiro atoms. The SMILES string of the molecule is CCN(CC(=O)Nc1cc(-c2ccccc2)nn1-c1ccc(Cl)c(Cl)c1)C(=O)COCc1ccccc1. The highest BCUT2D eigenvalue weighted by molar-refractivity contribution is 6.42. The van der Waals surface area contributed by atoms with Crippen molar-refractivity contribution in [3.63, 3.8) is 0 Å². The van der Waals surface area contributed by atoms with E-state index in [2.05, 4.69) is 10.4 Å². The molecule has 9 heteroatoms. The van der Waals surface area contributed by atoms with E-state index in [4.69, 9.17) is 27.9 Å². The van der Waals surface area contributed by atoms with E-state index >= 15 is 0 Å². The Bertz CT molecular complexity index is 1360. The number of benzene rings is 3. The van der Waals surface area contributed by atoms with Crippen molar-refractivity contribution in [1.29, 1.82) is 0 Å². The predicted molar refractivity (Wildman–Crippen MR) is 146 cm³/mol. The molecule has 37 heavy (non-hydrogen) atoms. The number of carbonyl (C=O) groups excluding carboxylic acids is 2. The molecule has 3 aromatic carbocycles. The van der Waals surface area contributed by atoms with E-state index in [0.717, 1.165) is 11.1 Å². The Morgan fingerprint density at radius 1 is 0.946 bits per heavy atom. The Morgan fingerprint density at radius 3 is 2.32 bits per heavy atom. The molecule has 0 aliphatic heterocycles. The van der Waals surface area contributed by atoms with E-state index in [9.17, 15) is 9.59 Å². The van der Waals surface area contributed by atoms with Crippen LogP contribution in [0.25, 0.3) is 16.9 Å². The summed E-state index contributed by atoms with van der Waals surface area (Å²) in [6.07, 6.45) is 0. The van der Waals surface area contributed by atoms with Crippen LogP contribution in [0.5, 0.6) is 0 Å². The molecule has 0 radical (unpaired) electrons. The van der Waals surface area contributed by atoms with Gasteiger partial charge in [0.05, 0.1) is 34.6 Å². The van der Waals surface area contributed by atoms with Gasteiger partial charge in [-0.05, 0) is 30.7 Å². The van der Waals surface area contributed by atoms with Gasteiger partial charge in [0.15, 0.2) is 0 Å². The van der Waals surface area contributed by atoms with Gasteiger partial charge in [-0.1, -0.05) is 83.9 Å². The van der Waals surface area contributed by atoms with E-state index in [-0.39, 0.29) is 25.0 Å². The quantitative estimate of drug-likeness (QED) is 0.275. The topological polar surface area (TPSA) is 76.5 Å². The van der Waals surface area contributed by atoms with Gasteiger partial charge in [-0.2, -0.15) is 5.10 Å². The van der Waals surface area contributed by atoms with Crippen LogP contribution in [0.15, 0.2) is 84.9 Å². The summed E-state index contributed by atoms with van der Waals surface area (Å²) in [5, 5.41) is 8.35. The number of aromatic nitrogens is 2. The Morgan fingerprint density at radius 2 is 1.65 bits per heavy atom. The van der Waals surface area contributed by atoms with Crippen molar-refractivity contribution < 1.29 is 14.3 Å². The number of amides is 2. The Balaban J connectivity index is 1.47. The summed E-state index contributed by atoms with van der Waals surface area (Å²) >= 11 is 12.3. The minimum atomic E-state index is -0.362. The molecule has 190 valence electrons. The van der Waals surface area contributed by atoms with Gasteiger partial charge in [-0.15, -0.1) is 0 Å². The number of nitrogens with zero attached hydrogens (tertiary/aromatic N) is 3. The smallest absolute Gasteiger partial charge is 0.249 e. The van der Waals surface area contributed by atoms with Crippen LogP contribution in [-0.2, 0) is 20.9 Å². The predicted octanol–water partition coefficient (Wildman–Crippen LogP) is 5.85. The van der Waals surface area contributed by atoms with Gasteiger partial charge in [-0.25, -0.2) is 4.68 Å². The minimum absolute atomic E-state index is 0.116. The van der Waals surface area contributed by atoms with E-state index in [1.54, 1.807) is 28.9 Å². The van der Waals surface area contributed by atoms with Gasteiger partial charge in [0.1, 0.15) is 12.4 Å². The second kappa shape index (κ2) is 12.5. The molecule has 0 saturated carbocycles. The van der Waals surface area contributed by atoms with Gasteiger partial charge in [0.25, 0.3) is 0 Å². The summed E-state index contributed by atoms with van der Waals surface area (Å²) in [6, 6.07) is 26.1. The maximum absolute atomic E-state index is 13.0. The zero-order valence-corrected chi connectivity index (χ0v) is 21.7. The van der Waals surface area contributed by atoms with Gasteiger partial charge >= 0.3 is 0 Å². The Labute approximate surface area is 225 Å². The average Bonchev–Trinajstić information content (AvgIpc) is 3.33. The molecule has 4 aromatic rings. The highest BCUT2D eigenvalue weighted by Crippen LogP contribution is 2.29. The molecular formula is C28H26Cl2N4O3. The first kappa shape index (κ1) is 26.4. The zero-order chi connectivity index (χ0) is 26.2. The van der Waals surface area contributed by atoms with E-state index in [0.29, 0.717) is 40.4 Å². The Kier molecular flexibility index (Phi) is 8.95. The van der Waals surface area contributed by atoms with Gasteiger partial charge in [0, 0.05) is 18.2 Å². The third-order valence-electron chi connectivity index (χ3n) is 5.60. The Hall–Kier alpha value is -3.65. The first-order valence-corrected chi connectivity index (χ1v) is 12.5. The normalized spacial score (nSPS) is 10.8. The zero-order valence-electron chi connectivity index (χ0n) is 20.2. The molecule has 0 unspecified atom stereocenters. The number of rotatable bonds is 10. The molecule has 1 N–H and O–H groups in total. The van der Waals surface area contributed by atoms with Crippen LogP contribution in [0.3, 0.4) is 0 Å².